The van der Waals surface area contributed by atoms with Crippen LogP contribution in [0.2, 0.25) is 0 Å². The Labute approximate surface area is 124 Å². The number of carbonyl (C=O) groups is 1. The number of benzene rings is 1. The fourth-order valence-electron chi connectivity index (χ4n) is 1.89. The Bertz CT molecular complexity index is 688. The van der Waals surface area contributed by atoms with E-state index in [9.17, 15) is 4.79 Å². The van der Waals surface area contributed by atoms with Crippen LogP contribution in [-0.4, -0.2) is 22.2 Å². The molecule has 0 spiro atoms. The summed E-state index contributed by atoms with van der Waals surface area (Å²) in [4.78, 5) is 12.2. The molecule has 0 aliphatic rings. The monoisotopic (exact) mass is 282 g/mol. The van der Waals surface area contributed by atoms with Crippen LogP contribution in [0.25, 0.3) is 0 Å². The van der Waals surface area contributed by atoms with Gasteiger partial charge in [0.15, 0.2) is 0 Å². The van der Waals surface area contributed by atoms with Gasteiger partial charge in [0.25, 0.3) is 5.91 Å². The third kappa shape index (κ3) is 3.74. The summed E-state index contributed by atoms with van der Waals surface area (Å²) in [6.45, 7) is 2.02. The van der Waals surface area contributed by atoms with Crippen LogP contribution in [0.1, 0.15) is 28.2 Å². The third-order valence-electron chi connectivity index (χ3n) is 3.22. The molecule has 0 fully saturated rings. The summed E-state index contributed by atoms with van der Waals surface area (Å²) in [5.41, 5.74) is 3.25. The van der Waals surface area contributed by atoms with E-state index >= 15 is 0 Å². The van der Waals surface area contributed by atoms with Crippen molar-refractivity contribution in [2.75, 3.05) is 11.9 Å². The number of aromatic nitrogens is 1. The molecule has 0 atom stereocenters. The second-order valence-electron chi connectivity index (χ2n) is 4.73. The fraction of sp³-hybridized carbons (Fsp3) is 0.235. The zero-order chi connectivity index (χ0) is 15.2. The van der Waals surface area contributed by atoms with E-state index in [0.717, 1.165) is 16.9 Å². The highest BCUT2D eigenvalue weighted by atomic mass is 16.2. The number of hydrogen-bond acceptors (Lipinski definition) is 2. The highest BCUT2D eigenvalue weighted by molar-refractivity contribution is 6.03. The molecule has 1 heterocycles. The predicted octanol–water partition coefficient (Wildman–Crippen LogP) is 2.32. The zero-order valence-electron chi connectivity index (χ0n) is 12.2. The molecule has 108 valence electrons. The molecule has 0 radical (unpaired) electrons. The lowest BCUT2D eigenvalue weighted by Crippen LogP contribution is -2.15. The summed E-state index contributed by atoms with van der Waals surface area (Å²) < 4.78 is 1.85. The van der Waals surface area contributed by atoms with Gasteiger partial charge < -0.3 is 15.0 Å². The third-order valence-corrected chi connectivity index (χ3v) is 3.22. The van der Waals surface area contributed by atoms with Crippen LogP contribution in [-0.2, 0) is 7.05 Å². The quantitative estimate of drug-likeness (QED) is 0.849. The van der Waals surface area contributed by atoms with Crippen molar-refractivity contribution in [1.29, 1.82) is 0 Å². The molecule has 0 bridgehead atoms. The number of hydrogen-bond donors (Lipinski definition) is 2. The van der Waals surface area contributed by atoms with E-state index < -0.39 is 0 Å². The van der Waals surface area contributed by atoms with E-state index in [2.05, 4.69) is 17.2 Å². The van der Waals surface area contributed by atoms with Crippen LogP contribution in [0, 0.1) is 18.8 Å². The number of anilines is 1. The molecule has 4 heteroatoms. The number of aliphatic hydroxyl groups is 1. The van der Waals surface area contributed by atoms with E-state index in [1.165, 1.54) is 0 Å². The first-order valence-corrected chi connectivity index (χ1v) is 6.75. The lowest BCUT2D eigenvalue weighted by Gasteiger charge is -2.07. The smallest absolute Gasteiger partial charge is 0.272 e. The fourth-order valence-corrected chi connectivity index (χ4v) is 1.89. The lowest BCUT2D eigenvalue weighted by molar-refractivity contribution is 0.101. The number of nitrogens with one attached hydrogen (secondary N) is 1. The maximum atomic E-state index is 12.2. The van der Waals surface area contributed by atoms with E-state index in [1.807, 2.05) is 48.9 Å². The van der Waals surface area contributed by atoms with Crippen LogP contribution >= 0.6 is 0 Å². The van der Waals surface area contributed by atoms with Crippen molar-refractivity contribution in [2.24, 2.45) is 7.05 Å². The van der Waals surface area contributed by atoms with Crippen LogP contribution in [0.3, 0.4) is 0 Å². The Hall–Kier alpha value is -2.51. The van der Waals surface area contributed by atoms with E-state index in [-0.39, 0.29) is 12.5 Å². The van der Waals surface area contributed by atoms with Gasteiger partial charge in [-0.05, 0) is 43.3 Å². The number of aliphatic hydroxyl groups excluding tert-OH is 1. The Kier molecular flexibility index (Phi) is 4.81. The van der Waals surface area contributed by atoms with Gasteiger partial charge in [-0.2, -0.15) is 0 Å². The summed E-state index contributed by atoms with van der Waals surface area (Å²) in [5, 5.41) is 11.5. The molecule has 1 aromatic heterocycles. The van der Waals surface area contributed by atoms with Crippen molar-refractivity contribution in [2.45, 2.75) is 13.3 Å². The summed E-state index contributed by atoms with van der Waals surface area (Å²) in [5.74, 6) is 5.67. The number of aryl methyl sites for hydroxylation is 1. The average molecular weight is 282 g/mol. The van der Waals surface area contributed by atoms with E-state index in [1.54, 1.807) is 6.07 Å². The maximum absolute atomic E-state index is 12.2. The number of rotatable bonds is 3. The van der Waals surface area contributed by atoms with Crippen LogP contribution in [0.15, 0.2) is 36.4 Å². The van der Waals surface area contributed by atoms with Gasteiger partial charge in [0.1, 0.15) is 5.69 Å². The van der Waals surface area contributed by atoms with Crippen LogP contribution < -0.4 is 5.32 Å². The number of nitrogens with zero attached hydrogens (tertiary/aromatic N) is 1. The predicted molar refractivity (Wildman–Crippen MR) is 83.1 cm³/mol. The minimum absolute atomic E-state index is 0.0667. The topological polar surface area (TPSA) is 54.3 Å². The average Bonchev–Trinajstić information content (AvgIpc) is 2.81. The molecule has 1 amide bonds. The standard InChI is InChI=1S/C17H18N2O2/c1-13-6-11-16(19(13)2)17(21)18-15-9-7-14(8-10-15)5-3-4-12-20/h6-11,20H,4,12H2,1-2H3,(H,18,21). The van der Waals surface area contributed by atoms with Crippen molar-refractivity contribution in [1.82, 2.24) is 4.57 Å². The normalized spacial score (nSPS) is 9.86. The highest BCUT2D eigenvalue weighted by Crippen LogP contribution is 2.12. The summed E-state index contributed by atoms with van der Waals surface area (Å²) in [7, 11) is 1.87. The van der Waals surface area contributed by atoms with Gasteiger partial charge in [0, 0.05) is 30.4 Å². The highest BCUT2D eigenvalue weighted by Gasteiger charge is 2.10. The Balaban J connectivity index is 2.05. The molecule has 4 nitrogen and oxygen atoms in total. The molecule has 0 saturated carbocycles. The van der Waals surface area contributed by atoms with Crippen molar-refractivity contribution in [3.63, 3.8) is 0 Å². The molecule has 0 aliphatic carbocycles. The van der Waals surface area contributed by atoms with Crippen molar-refractivity contribution in [3.05, 3.63) is 53.3 Å². The summed E-state index contributed by atoms with van der Waals surface area (Å²) in [6.07, 6.45) is 0.464. The van der Waals surface area contributed by atoms with Crippen LogP contribution in [0.5, 0.6) is 0 Å². The first-order valence-electron chi connectivity index (χ1n) is 6.75. The van der Waals surface area contributed by atoms with E-state index in [0.29, 0.717) is 12.1 Å². The molecule has 0 aliphatic heterocycles. The molecule has 0 saturated heterocycles. The molecule has 21 heavy (non-hydrogen) atoms. The second-order valence-corrected chi connectivity index (χ2v) is 4.73. The van der Waals surface area contributed by atoms with Crippen molar-refractivity contribution >= 4 is 11.6 Å². The second kappa shape index (κ2) is 6.78. The zero-order valence-corrected chi connectivity index (χ0v) is 12.2. The van der Waals surface area contributed by atoms with Gasteiger partial charge in [-0.3, -0.25) is 4.79 Å². The molecule has 1 aromatic carbocycles. The molecular weight excluding hydrogens is 264 g/mol. The maximum Gasteiger partial charge on any atom is 0.272 e. The Morgan fingerprint density at radius 2 is 1.95 bits per heavy atom. The first-order chi connectivity index (χ1) is 10.1. The molecular formula is C17H18N2O2. The van der Waals surface area contributed by atoms with Gasteiger partial charge in [0.2, 0.25) is 0 Å². The summed E-state index contributed by atoms with van der Waals surface area (Å²) in [6, 6.07) is 11.0. The lowest BCUT2D eigenvalue weighted by atomic mass is 10.2. The largest absolute Gasteiger partial charge is 0.395 e. The van der Waals surface area contributed by atoms with Gasteiger partial charge in [-0.15, -0.1) is 0 Å². The van der Waals surface area contributed by atoms with Gasteiger partial charge in [0.05, 0.1) is 6.61 Å². The van der Waals surface area contributed by atoms with Crippen molar-refractivity contribution < 1.29 is 9.90 Å². The SMILES string of the molecule is Cc1ccc(C(=O)Nc2ccc(C#CCCO)cc2)n1C. The Morgan fingerprint density at radius 1 is 1.24 bits per heavy atom. The van der Waals surface area contributed by atoms with Crippen LogP contribution in [0.4, 0.5) is 5.69 Å². The van der Waals surface area contributed by atoms with Gasteiger partial charge in [-0.1, -0.05) is 11.8 Å². The minimum atomic E-state index is -0.135. The van der Waals surface area contributed by atoms with Gasteiger partial charge >= 0.3 is 0 Å². The Morgan fingerprint density at radius 3 is 2.52 bits per heavy atom. The number of amides is 1. The molecule has 2 N–H and O–H groups in total. The molecule has 0 unspecified atom stereocenters. The van der Waals surface area contributed by atoms with E-state index in [4.69, 9.17) is 5.11 Å². The first kappa shape index (κ1) is 14.9. The molecule has 2 aromatic rings. The minimum Gasteiger partial charge on any atom is -0.395 e. The molecule has 2 rings (SSSR count). The number of carbonyl (C=O) groups excluding carboxylic acids is 1. The summed E-state index contributed by atoms with van der Waals surface area (Å²) >= 11 is 0. The van der Waals surface area contributed by atoms with Crippen molar-refractivity contribution in [3.8, 4) is 11.8 Å². The van der Waals surface area contributed by atoms with Gasteiger partial charge in [-0.25, -0.2) is 0 Å².